The Bertz CT molecular complexity index is 364. The molecular formula is C16H30N2O5. The van der Waals surface area contributed by atoms with Crippen molar-refractivity contribution in [1.82, 2.24) is 9.80 Å². The summed E-state index contributed by atoms with van der Waals surface area (Å²) in [6.45, 7) is 3.90. The number of carboxylic acid groups (broad SMARTS) is 1. The average Bonchev–Trinajstić information content (AvgIpc) is 2.92. The van der Waals surface area contributed by atoms with Gasteiger partial charge < -0.3 is 19.8 Å². The molecule has 1 aliphatic rings. The second-order valence-electron chi connectivity index (χ2n) is 6.18. The van der Waals surface area contributed by atoms with E-state index in [0.29, 0.717) is 19.5 Å². The summed E-state index contributed by atoms with van der Waals surface area (Å²) >= 11 is 0. The first-order chi connectivity index (χ1) is 11.0. The molecule has 1 fully saturated rings. The van der Waals surface area contributed by atoms with Gasteiger partial charge in [-0.15, -0.1) is 0 Å². The smallest absolute Gasteiger partial charge is 0.307 e. The normalized spacial score (nSPS) is 18.5. The molecule has 0 spiro atoms. The lowest BCUT2D eigenvalue weighted by molar-refractivity contribution is -0.148. The topological polar surface area (TPSA) is 90.3 Å². The highest BCUT2D eigenvalue weighted by molar-refractivity contribution is 5.69. The molecule has 0 aliphatic carbocycles. The van der Waals surface area contributed by atoms with Crippen LogP contribution < -0.4 is 0 Å². The van der Waals surface area contributed by atoms with Crippen molar-refractivity contribution in [3.8, 4) is 0 Å². The molecule has 0 aromatic carbocycles. The molecular weight excluding hydrogens is 300 g/mol. The average molecular weight is 330 g/mol. The molecule has 1 heterocycles. The Balaban J connectivity index is 2.07. The maximum Gasteiger partial charge on any atom is 0.307 e. The minimum absolute atomic E-state index is 0.0235. The maximum atomic E-state index is 11.8. The van der Waals surface area contributed by atoms with Gasteiger partial charge in [-0.3, -0.25) is 14.5 Å². The van der Waals surface area contributed by atoms with Gasteiger partial charge in [-0.05, 0) is 32.9 Å². The van der Waals surface area contributed by atoms with E-state index >= 15 is 0 Å². The molecule has 1 saturated heterocycles. The predicted molar refractivity (Wildman–Crippen MR) is 86.2 cm³/mol. The quantitative estimate of drug-likeness (QED) is 0.399. The molecule has 1 unspecified atom stereocenters. The number of likely N-dealkylation sites (tertiary alicyclic amines) is 1. The minimum atomic E-state index is -0.734. The number of carbonyl (C=O) groups is 2. The van der Waals surface area contributed by atoms with Crippen LogP contribution in [-0.4, -0.2) is 84.4 Å². The highest BCUT2D eigenvalue weighted by atomic mass is 16.5. The fraction of sp³-hybridized carbons (Fsp3) is 0.875. The number of nitrogens with zero attached hydrogens (tertiary/aromatic N) is 2. The zero-order valence-electron chi connectivity index (χ0n) is 14.1. The number of likely N-dealkylation sites (N-methyl/N-ethyl adjacent to an activating group) is 1. The fourth-order valence-corrected chi connectivity index (χ4v) is 2.69. The molecule has 0 aromatic rings. The lowest BCUT2D eigenvalue weighted by Gasteiger charge is -2.17. The third-order valence-electron chi connectivity index (χ3n) is 4.07. The van der Waals surface area contributed by atoms with Gasteiger partial charge in [0.2, 0.25) is 0 Å². The first-order valence-corrected chi connectivity index (χ1v) is 8.44. The Hall–Kier alpha value is -1.18. The second-order valence-corrected chi connectivity index (χ2v) is 6.18. The summed E-state index contributed by atoms with van der Waals surface area (Å²) in [5.74, 6) is -0.911. The maximum absolute atomic E-state index is 11.8. The van der Waals surface area contributed by atoms with Gasteiger partial charge in [-0.2, -0.15) is 0 Å². The lowest BCUT2D eigenvalue weighted by atomic mass is 10.2. The van der Waals surface area contributed by atoms with Gasteiger partial charge in [0.25, 0.3) is 0 Å². The van der Waals surface area contributed by atoms with Crippen LogP contribution in [0.15, 0.2) is 0 Å². The second kappa shape index (κ2) is 11.4. The van der Waals surface area contributed by atoms with Crippen molar-refractivity contribution in [2.24, 2.45) is 0 Å². The largest absolute Gasteiger partial charge is 0.481 e. The molecule has 0 bridgehead atoms. The van der Waals surface area contributed by atoms with E-state index in [4.69, 9.17) is 14.9 Å². The molecule has 1 aliphatic heterocycles. The summed E-state index contributed by atoms with van der Waals surface area (Å²) in [7, 11) is 1.87. The van der Waals surface area contributed by atoms with Crippen LogP contribution in [-0.2, 0) is 14.3 Å². The lowest BCUT2D eigenvalue weighted by Crippen LogP contribution is -2.28. The van der Waals surface area contributed by atoms with E-state index in [9.17, 15) is 9.59 Å². The third kappa shape index (κ3) is 9.53. The predicted octanol–water partition coefficient (Wildman–Crippen LogP) is 0.563. The molecule has 7 heteroatoms. The molecule has 7 nitrogen and oxygen atoms in total. The molecule has 2 N–H and O–H groups in total. The number of esters is 1. The highest BCUT2D eigenvalue weighted by Crippen LogP contribution is 2.14. The van der Waals surface area contributed by atoms with Gasteiger partial charge in [-0.25, -0.2) is 0 Å². The number of aliphatic carboxylic acids is 1. The van der Waals surface area contributed by atoms with Gasteiger partial charge in [0.1, 0.15) is 6.10 Å². The van der Waals surface area contributed by atoms with Crippen molar-refractivity contribution in [2.45, 2.75) is 44.6 Å². The minimum Gasteiger partial charge on any atom is -0.481 e. The van der Waals surface area contributed by atoms with Crippen molar-refractivity contribution in [3.63, 3.8) is 0 Å². The van der Waals surface area contributed by atoms with Gasteiger partial charge >= 0.3 is 11.9 Å². The molecule has 134 valence electrons. The van der Waals surface area contributed by atoms with Crippen LogP contribution in [0.4, 0.5) is 0 Å². The van der Waals surface area contributed by atoms with Crippen molar-refractivity contribution in [3.05, 3.63) is 0 Å². The van der Waals surface area contributed by atoms with E-state index < -0.39 is 5.97 Å². The fourth-order valence-electron chi connectivity index (χ4n) is 2.69. The van der Waals surface area contributed by atoms with E-state index in [1.54, 1.807) is 0 Å². The van der Waals surface area contributed by atoms with Gasteiger partial charge in [-0.1, -0.05) is 6.42 Å². The van der Waals surface area contributed by atoms with Crippen LogP contribution in [0.25, 0.3) is 0 Å². The zero-order chi connectivity index (χ0) is 17.1. The standard InChI is InChI=1S/C16H30N2O5/c1-17(11-12-19)9-7-16(22)23-14-6-10-18(13-14)8-4-2-3-5-15(20)21/h14,19H,2-13H2,1H3,(H,20,21). The zero-order valence-corrected chi connectivity index (χ0v) is 14.1. The Labute approximate surface area is 138 Å². The molecule has 0 saturated carbocycles. The van der Waals surface area contributed by atoms with Crippen LogP contribution in [0, 0.1) is 0 Å². The molecule has 0 amide bonds. The number of rotatable bonds is 12. The Morgan fingerprint density at radius 1 is 1.22 bits per heavy atom. The summed E-state index contributed by atoms with van der Waals surface area (Å²) in [6.07, 6.45) is 4.07. The third-order valence-corrected chi connectivity index (χ3v) is 4.07. The van der Waals surface area contributed by atoms with Crippen molar-refractivity contribution in [2.75, 3.05) is 46.4 Å². The number of aliphatic hydroxyl groups excluding tert-OH is 1. The molecule has 0 aromatic heterocycles. The number of hydrogen-bond donors (Lipinski definition) is 2. The summed E-state index contributed by atoms with van der Waals surface area (Å²) < 4.78 is 5.48. The van der Waals surface area contributed by atoms with E-state index in [1.807, 2.05) is 11.9 Å². The van der Waals surface area contributed by atoms with Crippen LogP contribution in [0.1, 0.15) is 38.5 Å². The Morgan fingerprint density at radius 2 is 2.00 bits per heavy atom. The molecule has 1 rings (SSSR count). The van der Waals surface area contributed by atoms with E-state index in [0.717, 1.165) is 45.3 Å². The number of aliphatic hydroxyl groups is 1. The summed E-state index contributed by atoms with van der Waals surface area (Å²) in [4.78, 5) is 26.4. The Morgan fingerprint density at radius 3 is 2.70 bits per heavy atom. The number of carboxylic acids is 1. The summed E-state index contributed by atoms with van der Waals surface area (Å²) in [6, 6.07) is 0. The first-order valence-electron chi connectivity index (χ1n) is 8.44. The van der Waals surface area contributed by atoms with E-state index in [1.165, 1.54) is 0 Å². The van der Waals surface area contributed by atoms with Crippen LogP contribution in [0.5, 0.6) is 0 Å². The molecule has 0 radical (unpaired) electrons. The van der Waals surface area contributed by atoms with Gasteiger partial charge in [0.15, 0.2) is 0 Å². The molecule has 1 atom stereocenters. The Kier molecular flexibility index (Phi) is 9.82. The number of hydrogen-bond acceptors (Lipinski definition) is 6. The summed E-state index contributed by atoms with van der Waals surface area (Å²) in [5, 5.41) is 17.4. The van der Waals surface area contributed by atoms with Crippen molar-refractivity contribution >= 4 is 11.9 Å². The van der Waals surface area contributed by atoms with Crippen LogP contribution in [0.2, 0.25) is 0 Å². The van der Waals surface area contributed by atoms with Gasteiger partial charge in [0, 0.05) is 32.6 Å². The highest BCUT2D eigenvalue weighted by Gasteiger charge is 2.25. The monoisotopic (exact) mass is 330 g/mol. The van der Waals surface area contributed by atoms with Crippen molar-refractivity contribution < 1.29 is 24.5 Å². The number of ether oxygens (including phenoxy) is 1. The summed E-state index contributed by atoms with van der Waals surface area (Å²) in [5.41, 5.74) is 0. The van der Waals surface area contributed by atoms with Crippen LogP contribution in [0.3, 0.4) is 0 Å². The number of unbranched alkanes of at least 4 members (excludes halogenated alkanes) is 2. The van der Waals surface area contributed by atoms with E-state index in [-0.39, 0.29) is 25.1 Å². The molecule has 23 heavy (non-hydrogen) atoms. The SMILES string of the molecule is CN(CCO)CCC(=O)OC1CCN(CCCCCC(=O)O)C1. The van der Waals surface area contributed by atoms with Crippen molar-refractivity contribution in [1.29, 1.82) is 0 Å². The van der Waals surface area contributed by atoms with E-state index in [2.05, 4.69) is 4.90 Å². The van der Waals surface area contributed by atoms with Gasteiger partial charge in [0.05, 0.1) is 13.0 Å². The van der Waals surface area contributed by atoms with Crippen LogP contribution >= 0.6 is 0 Å². The number of carbonyl (C=O) groups excluding carboxylic acids is 1. The first kappa shape index (κ1) is 19.9.